The average molecular weight is 322 g/mol. The van der Waals surface area contributed by atoms with Gasteiger partial charge in [-0.2, -0.15) is 0 Å². The summed E-state index contributed by atoms with van der Waals surface area (Å²) in [5.74, 6) is 0.229. The molecule has 0 aromatic carbocycles. The van der Waals surface area contributed by atoms with Gasteiger partial charge in [-0.3, -0.25) is 9.59 Å². The Hall–Kier alpha value is -0.900. The number of fused-ring (bicyclic) bond motifs is 3. The predicted molar refractivity (Wildman–Crippen MR) is 88.2 cm³/mol. The van der Waals surface area contributed by atoms with Crippen LogP contribution >= 0.6 is 0 Å². The lowest BCUT2D eigenvalue weighted by molar-refractivity contribution is -0.153. The Kier molecular flexibility index (Phi) is 7.07. The first-order valence-electron chi connectivity index (χ1n) is 9.13. The fourth-order valence-corrected chi connectivity index (χ4v) is 3.89. The Morgan fingerprint density at radius 2 is 2.13 bits per heavy atom. The van der Waals surface area contributed by atoms with E-state index in [1.165, 1.54) is 0 Å². The van der Waals surface area contributed by atoms with Crippen LogP contribution in [0.2, 0.25) is 0 Å². The zero-order chi connectivity index (χ0) is 16.8. The highest BCUT2D eigenvalue weighted by Gasteiger charge is 2.46. The zero-order valence-electron chi connectivity index (χ0n) is 14.5. The molecule has 2 bridgehead atoms. The first-order chi connectivity index (χ1) is 11.1. The second-order valence-corrected chi connectivity index (χ2v) is 6.77. The molecule has 4 atom stereocenters. The third kappa shape index (κ3) is 4.56. The number of rotatable bonds is 9. The summed E-state index contributed by atoms with van der Waals surface area (Å²) >= 11 is 0. The van der Waals surface area contributed by atoms with E-state index in [1.54, 1.807) is 6.92 Å². The van der Waals surface area contributed by atoms with Crippen molar-refractivity contribution in [2.45, 2.75) is 71.3 Å². The van der Waals surface area contributed by atoms with Crippen LogP contribution < -0.4 is 0 Å². The molecule has 1 aliphatic carbocycles. The maximum atomic E-state index is 12.7. The number of carbonyl (C=O) groups excluding carboxylic acids is 2. The molecule has 4 nitrogen and oxygen atoms in total. The molecule has 0 spiro atoms. The Balaban J connectivity index is 1.94. The van der Waals surface area contributed by atoms with Crippen LogP contribution in [0.3, 0.4) is 0 Å². The minimum Gasteiger partial charge on any atom is -0.466 e. The van der Waals surface area contributed by atoms with Crippen molar-refractivity contribution in [2.75, 3.05) is 6.61 Å². The van der Waals surface area contributed by atoms with Gasteiger partial charge in [-0.1, -0.05) is 33.1 Å². The van der Waals surface area contributed by atoms with Gasteiger partial charge >= 0.3 is 5.97 Å². The number of hydrogen-bond acceptors (Lipinski definition) is 4. The molecule has 4 heteroatoms. The lowest BCUT2D eigenvalue weighted by atomic mass is 9.71. The first kappa shape index (κ1) is 18.4. The molecule has 0 aromatic rings. The second-order valence-electron chi connectivity index (χ2n) is 6.77. The van der Waals surface area contributed by atoms with Crippen LogP contribution in [-0.4, -0.2) is 24.5 Å². The normalized spacial score (nSPS) is 28.6. The van der Waals surface area contributed by atoms with Gasteiger partial charge in [-0.15, -0.1) is 0 Å². The third-order valence-electron chi connectivity index (χ3n) is 5.22. The van der Waals surface area contributed by atoms with E-state index in [0.717, 1.165) is 38.5 Å². The van der Waals surface area contributed by atoms with Gasteiger partial charge in [0.25, 0.3) is 0 Å². The van der Waals surface area contributed by atoms with E-state index in [1.807, 2.05) is 0 Å². The number of unbranched alkanes of at least 4 members (excludes halogenated alkanes) is 1. The van der Waals surface area contributed by atoms with Crippen LogP contribution in [0.25, 0.3) is 0 Å². The minimum atomic E-state index is -0.359. The number of Topliss-reactive ketones (excluding diaryl/α,β-unsaturated/α-hetero) is 1. The highest BCUT2D eigenvalue weighted by Crippen LogP contribution is 2.46. The van der Waals surface area contributed by atoms with Gasteiger partial charge in [0.2, 0.25) is 0 Å². The smallest absolute Gasteiger partial charge is 0.309 e. The molecule has 3 aliphatic rings. The standard InChI is InChI=1S/C19H30O4/c1-4-7-8-15(19(21)22-6-3)12-16(20)18-14-9-10-17(23-18)13(5-2)11-14/h13-15,17H,1,4-12H2,2-3H3. The number of ether oxygens (including phenoxy) is 2. The van der Waals surface area contributed by atoms with E-state index in [-0.39, 0.29) is 36.1 Å². The van der Waals surface area contributed by atoms with E-state index < -0.39 is 0 Å². The van der Waals surface area contributed by atoms with Crippen molar-refractivity contribution in [3.63, 3.8) is 0 Å². The van der Waals surface area contributed by atoms with Crippen molar-refractivity contribution in [1.82, 2.24) is 0 Å². The topological polar surface area (TPSA) is 52.6 Å². The maximum absolute atomic E-state index is 12.7. The zero-order valence-corrected chi connectivity index (χ0v) is 14.5. The number of hydrogen-bond donors (Lipinski definition) is 0. The van der Waals surface area contributed by atoms with Crippen molar-refractivity contribution < 1.29 is 19.1 Å². The van der Waals surface area contributed by atoms with E-state index >= 15 is 0 Å². The first-order valence-corrected chi connectivity index (χ1v) is 9.13. The second kappa shape index (κ2) is 8.81. The predicted octanol–water partition coefficient (Wildman–Crippen LogP) is 3.89. The van der Waals surface area contributed by atoms with E-state index in [4.69, 9.17) is 9.47 Å². The summed E-state index contributed by atoms with van der Waals surface area (Å²) in [4.78, 5) is 24.8. The molecule has 2 heterocycles. The van der Waals surface area contributed by atoms with Crippen molar-refractivity contribution in [3.8, 4) is 0 Å². The van der Waals surface area contributed by atoms with Crippen LogP contribution in [0.1, 0.15) is 65.2 Å². The average Bonchev–Trinajstić information content (AvgIpc) is 2.58. The van der Waals surface area contributed by atoms with Crippen LogP contribution in [0.4, 0.5) is 0 Å². The van der Waals surface area contributed by atoms with Gasteiger partial charge < -0.3 is 9.47 Å². The van der Waals surface area contributed by atoms with E-state index in [2.05, 4.69) is 13.8 Å². The molecule has 130 valence electrons. The Morgan fingerprint density at radius 1 is 1.35 bits per heavy atom. The molecule has 1 saturated carbocycles. The lowest BCUT2D eigenvalue weighted by Gasteiger charge is -2.46. The van der Waals surface area contributed by atoms with Gasteiger partial charge in [0, 0.05) is 6.42 Å². The van der Waals surface area contributed by atoms with Crippen LogP contribution in [0.15, 0.2) is 0 Å². The monoisotopic (exact) mass is 322 g/mol. The molecule has 3 rings (SSSR count). The molecule has 0 N–H and O–H groups in total. The fraction of sp³-hybridized carbons (Fsp3) is 0.789. The lowest BCUT2D eigenvalue weighted by Crippen LogP contribution is -2.45. The molecule has 23 heavy (non-hydrogen) atoms. The summed E-state index contributed by atoms with van der Waals surface area (Å²) in [7, 11) is 0. The van der Waals surface area contributed by atoms with Crippen LogP contribution in [0, 0.1) is 30.8 Å². The largest absolute Gasteiger partial charge is 0.466 e. The van der Waals surface area contributed by atoms with Gasteiger partial charge in [-0.05, 0) is 44.4 Å². The molecule has 4 unspecified atom stereocenters. The van der Waals surface area contributed by atoms with Gasteiger partial charge in [0.15, 0.2) is 11.9 Å². The fourth-order valence-electron chi connectivity index (χ4n) is 3.89. The summed E-state index contributed by atoms with van der Waals surface area (Å²) in [6.45, 7) is 8.14. The Bertz CT molecular complexity index is 406. The van der Waals surface area contributed by atoms with Gasteiger partial charge in [0.1, 0.15) is 0 Å². The summed E-state index contributed by atoms with van der Waals surface area (Å²) in [5, 5.41) is 0. The summed E-state index contributed by atoms with van der Waals surface area (Å²) in [5.41, 5.74) is 0. The van der Waals surface area contributed by atoms with Gasteiger partial charge in [0.05, 0.1) is 18.6 Å². The Labute approximate surface area is 140 Å². The molecule has 3 fully saturated rings. The van der Waals surface area contributed by atoms with E-state index in [0.29, 0.717) is 25.0 Å². The maximum Gasteiger partial charge on any atom is 0.309 e. The summed E-state index contributed by atoms with van der Waals surface area (Å²) in [6.07, 6.45) is 7.58. The summed E-state index contributed by atoms with van der Waals surface area (Å²) in [6, 6.07) is 0. The molecular weight excluding hydrogens is 292 g/mol. The van der Waals surface area contributed by atoms with Crippen LogP contribution in [0.5, 0.6) is 0 Å². The van der Waals surface area contributed by atoms with Crippen molar-refractivity contribution in [1.29, 1.82) is 0 Å². The van der Waals surface area contributed by atoms with E-state index in [9.17, 15) is 9.59 Å². The minimum absolute atomic E-state index is 0.0105. The molecule has 2 aliphatic heterocycles. The highest BCUT2D eigenvalue weighted by atomic mass is 16.5. The van der Waals surface area contributed by atoms with Gasteiger partial charge in [-0.25, -0.2) is 0 Å². The molecule has 0 amide bonds. The molecular formula is C19H30O4. The van der Waals surface area contributed by atoms with Crippen molar-refractivity contribution in [3.05, 3.63) is 13.0 Å². The number of esters is 1. The molecule has 0 aromatic heterocycles. The quantitative estimate of drug-likeness (QED) is 0.604. The number of ketones is 1. The SMILES string of the molecule is [CH2]CCCC(CC(=O)[C]1OC2CCC1CC2CC)C(=O)OCC. The van der Waals surface area contributed by atoms with Crippen molar-refractivity contribution >= 4 is 11.8 Å². The third-order valence-corrected chi connectivity index (χ3v) is 5.22. The molecule has 2 saturated heterocycles. The van der Waals surface area contributed by atoms with Crippen molar-refractivity contribution in [2.24, 2.45) is 17.8 Å². The number of carbonyl (C=O) groups is 2. The Morgan fingerprint density at radius 3 is 2.70 bits per heavy atom. The highest BCUT2D eigenvalue weighted by molar-refractivity contribution is 5.93. The molecule has 2 radical (unpaired) electrons. The summed E-state index contributed by atoms with van der Waals surface area (Å²) < 4.78 is 11.1. The van der Waals surface area contributed by atoms with Crippen LogP contribution in [-0.2, 0) is 19.1 Å².